The Morgan fingerprint density at radius 1 is 1.09 bits per heavy atom. The third kappa shape index (κ3) is 6.30. The number of anilines is 1. The molecular weight excluding hydrogens is 482 g/mol. The minimum atomic E-state index is -0.772. The van der Waals surface area contributed by atoms with Crippen molar-refractivity contribution in [2.45, 2.75) is 13.3 Å². The number of nitrogens with zero attached hydrogens (tertiary/aromatic N) is 1. The molecule has 168 valence electrons. The van der Waals surface area contributed by atoms with Crippen LogP contribution in [0.5, 0.6) is 5.75 Å². The molecule has 9 nitrogen and oxygen atoms in total. The summed E-state index contributed by atoms with van der Waals surface area (Å²) in [5, 5.41) is 3.71. The zero-order chi connectivity index (χ0) is 23.1. The van der Waals surface area contributed by atoms with Crippen LogP contribution in [-0.2, 0) is 19.1 Å². The summed E-state index contributed by atoms with van der Waals surface area (Å²) in [6.07, 6.45) is -0.111. The van der Waals surface area contributed by atoms with Crippen LogP contribution in [0.4, 0.5) is 5.69 Å². The van der Waals surface area contributed by atoms with Crippen molar-refractivity contribution in [3.05, 3.63) is 58.6 Å². The Labute approximate surface area is 193 Å². The van der Waals surface area contributed by atoms with Gasteiger partial charge in [-0.1, -0.05) is 15.9 Å². The fourth-order valence-electron chi connectivity index (χ4n) is 3.01. The van der Waals surface area contributed by atoms with Gasteiger partial charge in [0.15, 0.2) is 6.61 Å². The van der Waals surface area contributed by atoms with Gasteiger partial charge in [0.1, 0.15) is 5.75 Å². The number of amides is 3. The molecule has 1 saturated heterocycles. The van der Waals surface area contributed by atoms with Gasteiger partial charge >= 0.3 is 5.97 Å². The van der Waals surface area contributed by atoms with Crippen molar-refractivity contribution in [3.63, 3.8) is 0 Å². The van der Waals surface area contributed by atoms with Gasteiger partial charge in [-0.25, -0.2) is 0 Å². The molecule has 0 saturated carbocycles. The number of nitrogens with one attached hydrogen (secondary N) is 2. The molecule has 0 aliphatic carbocycles. The third-order valence-electron chi connectivity index (χ3n) is 4.60. The zero-order valence-corrected chi connectivity index (χ0v) is 18.9. The van der Waals surface area contributed by atoms with Gasteiger partial charge in [0.25, 0.3) is 11.8 Å². The summed E-state index contributed by atoms with van der Waals surface area (Å²) < 4.78 is 11.2. The molecule has 2 N–H and O–H groups in total. The van der Waals surface area contributed by atoms with E-state index in [1.54, 1.807) is 48.5 Å². The van der Waals surface area contributed by atoms with E-state index in [2.05, 4.69) is 26.7 Å². The second-order valence-electron chi connectivity index (χ2n) is 6.97. The molecule has 0 bridgehead atoms. The van der Waals surface area contributed by atoms with Crippen LogP contribution in [0.1, 0.15) is 23.7 Å². The molecule has 2 aromatic rings. The van der Waals surface area contributed by atoms with Crippen molar-refractivity contribution in [1.82, 2.24) is 10.4 Å². The van der Waals surface area contributed by atoms with Crippen molar-refractivity contribution in [3.8, 4) is 5.75 Å². The van der Waals surface area contributed by atoms with Gasteiger partial charge < -0.3 is 14.8 Å². The first kappa shape index (κ1) is 23.3. The number of esters is 1. The molecule has 0 aromatic heterocycles. The lowest BCUT2D eigenvalue weighted by molar-refractivity contribution is -0.151. The monoisotopic (exact) mass is 503 g/mol. The van der Waals surface area contributed by atoms with E-state index < -0.39 is 36.2 Å². The lowest BCUT2D eigenvalue weighted by atomic mass is 10.1. The molecule has 1 fully saturated rings. The second-order valence-corrected chi connectivity index (χ2v) is 7.88. The van der Waals surface area contributed by atoms with Gasteiger partial charge in [0, 0.05) is 22.1 Å². The molecule has 1 aliphatic rings. The fraction of sp³-hybridized carbons (Fsp3) is 0.273. The van der Waals surface area contributed by atoms with Crippen molar-refractivity contribution in [2.24, 2.45) is 5.92 Å². The van der Waals surface area contributed by atoms with Crippen LogP contribution in [0.3, 0.4) is 0 Å². The van der Waals surface area contributed by atoms with E-state index in [1.165, 1.54) is 0 Å². The van der Waals surface area contributed by atoms with Gasteiger partial charge in [-0.15, -0.1) is 0 Å². The highest BCUT2D eigenvalue weighted by Crippen LogP contribution is 2.19. The molecule has 3 amide bonds. The van der Waals surface area contributed by atoms with E-state index in [-0.39, 0.29) is 13.0 Å². The van der Waals surface area contributed by atoms with Crippen LogP contribution in [-0.4, -0.2) is 48.5 Å². The number of rotatable bonds is 8. The first-order chi connectivity index (χ1) is 15.4. The number of hydrogen-bond donors (Lipinski definition) is 2. The first-order valence-corrected chi connectivity index (χ1v) is 10.7. The van der Waals surface area contributed by atoms with E-state index in [1.807, 2.05) is 6.92 Å². The number of hydrazine groups is 1. The number of benzene rings is 2. The fourth-order valence-corrected chi connectivity index (χ4v) is 3.28. The number of carbonyl (C=O) groups excluding carboxylic acids is 4. The number of halogens is 1. The summed E-state index contributed by atoms with van der Waals surface area (Å²) in [5.74, 6) is -2.15. The Kier molecular flexibility index (Phi) is 7.82. The Morgan fingerprint density at radius 2 is 1.78 bits per heavy atom. The van der Waals surface area contributed by atoms with Crippen LogP contribution < -0.4 is 15.5 Å². The second kappa shape index (κ2) is 10.8. The first-order valence-electron chi connectivity index (χ1n) is 9.92. The SMILES string of the molecule is CCOc1ccc(NC(=O)COC(=O)[C@@H]2CC(=O)N(NC(=O)c3ccc(Br)cc3)C2)cc1. The maximum absolute atomic E-state index is 12.3. The number of hydrogen-bond acceptors (Lipinski definition) is 6. The van der Waals surface area contributed by atoms with Crippen molar-refractivity contribution >= 4 is 45.3 Å². The molecular formula is C22H22BrN3O6. The normalized spacial score (nSPS) is 15.2. The molecule has 2 aromatic carbocycles. The van der Waals surface area contributed by atoms with Crippen LogP contribution in [0, 0.1) is 5.92 Å². The van der Waals surface area contributed by atoms with Crippen molar-refractivity contribution in [1.29, 1.82) is 0 Å². The Morgan fingerprint density at radius 3 is 2.44 bits per heavy atom. The average molecular weight is 504 g/mol. The maximum atomic E-state index is 12.3. The minimum absolute atomic E-state index is 0.0273. The van der Waals surface area contributed by atoms with Gasteiger partial charge in [0.05, 0.1) is 19.1 Å². The topological polar surface area (TPSA) is 114 Å². The molecule has 32 heavy (non-hydrogen) atoms. The Bertz CT molecular complexity index is 994. The summed E-state index contributed by atoms with van der Waals surface area (Å²) in [6.45, 7) is 1.90. The molecule has 10 heteroatoms. The summed E-state index contributed by atoms with van der Waals surface area (Å²) in [6, 6.07) is 13.4. The Hall–Kier alpha value is -3.40. The van der Waals surface area contributed by atoms with E-state index in [4.69, 9.17) is 9.47 Å². The zero-order valence-electron chi connectivity index (χ0n) is 17.3. The Balaban J connectivity index is 1.45. The van der Waals surface area contributed by atoms with E-state index in [9.17, 15) is 19.2 Å². The van der Waals surface area contributed by atoms with Crippen LogP contribution >= 0.6 is 15.9 Å². The maximum Gasteiger partial charge on any atom is 0.311 e. The minimum Gasteiger partial charge on any atom is -0.494 e. The van der Waals surface area contributed by atoms with E-state index in [0.29, 0.717) is 23.6 Å². The lowest BCUT2D eigenvalue weighted by Gasteiger charge is -2.17. The number of ether oxygens (including phenoxy) is 2. The smallest absolute Gasteiger partial charge is 0.311 e. The van der Waals surface area contributed by atoms with E-state index >= 15 is 0 Å². The summed E-state index contributed by atoms with van der Waals surface area (Å²) >= 11 is 3.29. The highest BCUT2D eigenvalue weighted by atomic mass is 79.9. The van der Waals surface area contributed by atoms with E-state index in [0.717, 1.165) is 9.48 Å². The molecule has 1 aliphatic heterocycles. The average Bonchev–Trinajstić information content (AvgIpc) is 3.14. The number of carbonyl (C=O) groups is 4. The largest absolute Gasteiger partial charge is 0.494 e. The quantitative estimate of drug-likeness (QED) is 0.535. The van der Waals surface area contributed by atoms with Gasteiger partial charge in [-0.05, 0) is 55.5 Å². The molecule has 1 atom stereocenters. The van der Waals surface area contributed by atoms with Gasteiger partial charge in [-0.2, -0.15) is 0 Å². The predicted octanol–water partition coefficient (Wildman–Crippen LogP) is 2.52. The van der Waals surface area contributed by atoms with Crippen molar-refractivity contribution < 1.29 is 28.7 Å². The van der Waals surface area contributed by atoms with Gasteiger partial charge in [0.2, 0.25) is 5.91 Å². The molecule has 3 rings (SSSR count). The van der Waals surface area contributed by atoms with Crippen LogP contribution in [0.15, 0.2) is 53.0 Å². The highest BCUT2D eigenvalue weighted by molar-refractivity contribution is 9.10. The predicted molar refractivity (Wildman–Crippen MR) is 119 cm³/mol. The third-order valence-corrected chi connectivity index (χ3v) is 5.12. The molecule has 1 heterocycles. The summed E-state index contributed by atoms with van der Waals surface area (Å²) in [4.78, 5) is 48.8. The summed E-state index contributed by atoms with van der Waals surface area (Å²) in [5.41, 5.74) is 3.40. The highest BCUT2D eigenvalue weighted by Gasteiger charge is 2.36. The molecule has 0 spiro atoms. The summed E-state index contributed by atoms with van der Waals surface area (Å²) in [7, 11) is 0. The molecule has 0 unspecified atom stereocenters. The van der Waals surface area contributed by atoms with Crippen LogP contribution in [0.2, 0.25) is 0 Å². The molecule has 0 radical (unpaired) electrons. The van der Waals surface area contributed by atoms with Gasteiger partial charge in [-0.3, -0.25) is 29.6 Å². The standard InChI is InChI=1S/C22H22BrN3O6/c1-2-31-18-9-7-17(8-10-18)24-19(27)13-32-22(30)15-11-20(28)26(12-15)25-21(29)14-3-5-16(23)6-4-14/h3-10,15H,2,11-13H2,1H3,(H,24,27)(H,25,29)/t15-/m1/s1. The van der Waals surface area contributed by atoms with Crippen LogP contribution in [0.25, 0.3) is 0 Å². The van der Waals surface area contributed by atoms with Crippen molar-refractivity contribution in [2.75, 3.05) is 25.1 Å². The lowest BCUT2D eigenvalue weighted by Crippen LogP contribution is -2.43.